The lowest BCUT2D eigenvalue weighted by Crippen LogP contribution is -2.29. The van der Waals surface area contributed by atoms with Crippen molar-refractivity contribution >= 4 is 0 Å². The maximum atomic E-state index is 6.18. The summed E-state index contributed by atoms with van der Waals surface area (Å²) in [6.07, 6.45) is 12.0. The van der Waals surface area contributed by atoms with E-state index < -0.39 is 0 Å². The van der Waals surface area contributed by atoms with Crippen LogP contribution in [-0.2, 0) is 9.47 Å². The van der Waals surface area contributed by atoms with E-state index in [4.69, 9.17) is 9.47 Å². The van der Waals surface area contributed by atoms with Crippen LogP contribution in [0.5, 0.6) is 0 Å². The highest BCUT2D eigenvalue weighted by Crippen LogP contribution is 2.35. The molecule has 1 heterocycles. The lowest BCUT2D eigenvalue weighted by atomic mass is 9.85. The summed E-state index contributed by atoms with van der Waals surface area (Å²) in [5.74, 6) is 1.57. The molecule has 0 N–H and O–H groups in total. The molecule has 0 aromatic carbocycles. The molecule has 0 aromatic rings. The number of hydrogen-bond acceptors (Lipinski definition) is 2. The lowest BCUT2D eigenvalue weighted by Gasteiger charge is -2.26. The topological polar surface area (TPSA) is 18.5 Å². The molecule has 1 aliphatic heterocycles. The quantitative estimate of drug-likeness (QED) is 0.585. The molecule has 21 heavy (non-hydrogen) atoms. The van der Waals surface area contributed by atoms with Crippen molar-refractivity contribution in [3.8, 4) is 0 Å². The molecule has 2 rings (SSSR count). The average Bonchev–Trinajstić information content (AvgIpc) is 2.85. The van der Waals surface area contributed by atoms with E-state index in [1.807, 2.05) is 13.8 Å². The van der Waals surface area contributed by atoms with Crippen LogP contribution in [0.3, 0.4) is 0 Å². The Hall–Kier alpha value is -0.0800. The summed E-state index contributed by atoms with van der Waals surface area (Å²) in [5.41, 5.74) is 0. The van der Waals surface area contributed by atoms with Crippen LogP contribution in [0.1, 0.15) is 92.4 Å². The van der Waals surface area contributed by atoms with Crippen molar-refractivity contribution < 1.29 is 9.47 Å². The Kier molecular flexibility index (Phi) is 8.89. The molecule has 126 valence electrons. The molecule has 2 nitrogen and oxygen atoms in total. The van der Waals surface area contributed by atoms with Crippen LogP contribution < -0.4 is 0 Å². The Morgan fingerprint density at radius 2 is 1.62 bits per heavy atom. The summed E-state index contributed by atoms with van der Waals surface area (Å²) in [6.45, 7) is 11.6. The van der Waals surface area contributed by atoms with Crippen LogP contribution in [0.15, 0.2) is 0 Å². The van der Waals surface area contributed by atoms with E-state index in [-0.39, 0.29) is 5.79 Å². The largest absolute Gasteiger partial charge is 0.347 e. The van der Waals surface area contributed by atoms with Gasteiger partial charge in [0.15, 0.2) is 5.79 Å². The maximum absolute atomic E-state index is 6.18. The fraction of sp³-hybridized carbons (Fsp3) is 1.00. The number of rotatable bonds is 5. The molecule has 0 bridgehead atoms. The first-order valence-corrected chi connectivity index (χ1v) is 9.51. The first-order valence-electron chi connectivity index (χ1n) is 9.51. The summed E-state index contributed by atoms with van der Waals surface area (Å²) in [6, 6.07) is 0. The van der Waals surface area contributed by atoms with Gasteiger partial charge in [-0.25, -0.2) is 0 Å². The fourth-order valence-electron chi connectivity index (χ4n) is 3.78. The van der Waals surface area contributed by atoms with Gasteiger partial charge in [-0.1, -0.05) is 66.7 Å². The summed E-state index contributed by atoms with van der Waals surface area (Å²) in [7, 11) is 0. The van der Waals surface area contributed by atoms with Gasteiger partial charge in [-0.05, 0) is 37.5 Å². The Morgan fingerprint density at radius 1 is 0.952 bits per heavy atom. The van der Waals surface area contributed by atoms with Gasteiger partial charge in [0.05, 0.1) is 12.7 Å². The van der Waals surface area contributed by atoms with Crippen LogP contribution in [0.4, 0.5) is 0 Å². The third-order valence-corrected chi connectivity index (χ3v) is 5.39. The summed E-state index contributed by atoms with van der Waals surface area (Å²) >= 11 is 0. The van der Waals surface area contributed by atoms with Crippen molar-refractivity contribution in [1.29, 1.82) is 0 Å². The van der Waals surface area contributed by atoms with Gasteiger partial charge in [-0.15, -0.1) is 0 Å². The van der Waals surface area contributed by atoms with E-state index in [9.17, 15) is 0 Å². The second-order valence-electron chi connectivity index (χ2n) is 6.62. The van der Waals surface area contributed by atoms with Gasteiger partial charge in [-0.2, -0.15) is 0 Å². The third kappa shape index (κ3) is 5.56. The highest BCUT2D eigenvalue weighted by molar-refractivity contribution is 4.79. The SMILES string of the molecule is CC.CCC1(CC)OCC(CCC2CCCCCC2C)O1. The molecule has 2 aliphatic rings. The molecule has 0 amide bonds. The van der Waals surface area contributed by atoms with E-state index in [0.717, 1.165) is 31.3 Å². The molecular weight excluding hydrogens is 260 g/mol. The lowest BCUT2D eigenvalue weighted by molar-refractivity contribution is -0.172. The highest BCUT2D eigenvalue weighted by atomic mass is 16.7. The number of ether oxygens (including phenoxy) is 2. The average molecular weight is 299 g/mol. The monoisotopic (exact) mass is 298 g/mol. The van der Waals surface area contributed by atoms with Crippen molar-refractivity contribution in [3.05, 3.63) is 0 Å². The molecule has 3 atom stereocenters. The van der Waals surface area contributed by atoms with Crippen molar-refractivity contribution in [3.63, 3.8) is 0 Å². The van der Waals surface area contributed by atoms with Gasteiger partial charge < -0.3 is 9.47 Å². The second kappa shape index (κ2) is 9.84. The van der Waals surface area contributed by atoms with E-state index in [1.165, 1.54) is 44.9 Å². The second-order valence-corrected chi connectivity index (χ2v) is 6.62. The molecule has 0 radical (unpaired) electrons. The van der Waals surface area contributed by atoms with Gasteiger partial charge in [0, 0.05) is 0 Å². The summed E-state index contributed by atoms with van der Waals surface area (Å²) in [4.78, 5) is 0. The molecular formula is C19H38O2. The molecule has 0 aromatic heterocycles. The first-order chi connectivity index (χ1) is 10.2. The van der Waals surface area contributed by atoms with Gasteiger partial charge in [0.2, 0.25) is 0 Å². The van der Waals surface area contributed by atoms with E-state index in [1.54, 1.807) is 0 Å². The minimum atomic E-state index is -0.264. The standard InChI is InChI=1S/C17H32O2.C2H6/c1-4-17(5-2)18-13-16(19-17)12-11-15-10-8-6-7-9-14(15)3;1-2/h14-16H,4-13H2,1-3H3;1-2H3. The van der Waals surface area contributed by atoms with Crippen molar-refractivity contribution in [1.82, 2.24) is 0 Å². The van der Waals surface area contributed by atoms with E-state index in [0.29, 0.717) is 6.10 Å². The molecule has 1 aliphatic carbocycles. The molecule has 0 spiro atoms. The molecule has 1 saturated carbocycles. The molecule has 2 heteroatoms. The van der Waals surface area contributed by atoms with Crippen molar-refractivity contribution in [2.45, 2.75) is 104 Å². The van der Waals surface area contributed by atoms with Gasteiger partial charge in [0.25, 0.3) is 0 Å². The Balaban J connectivity index is 0.00000106. The first kappa shape index (κ1) is 19.0. The number of hydrogen-bond donors (Lipinski definition) is 0. The summed E-state index contributed by atoms with van der Waals surface area (Å²) in [5, 5.41) is 0. The molecule has 1 saturated heterocycles. The predicted octanol–water partition coefficient (Wildman–Crippen LogP) is 5.94. The van der Waals surface area contributed by atoms with Crippen LogP contribution in [-0.4, -0.2) is 18.5 Å². The zero-order valence-electron chi connectivity index (χ0n) is 15.1. The zero-order chi connectivity index (χ0) is 15.7. The fourth-order valence-corrected chi connectivity index (χ4v) is 3.78. The van der Waals surface area contributed by atoms with Gasteiger partial charge >= 0.3 is 0 Å². The van der Waals surface area contributed by atoms with Crippen molar-refractivity contribution in [2.75, 3.05) is 6.61 Å². The van der Waals surface area contributed by atoms with Gasteiger partial charge in [-0.3, -0.25) is 0 Å². The smallest absolute Gasteiger partial charge is 0.168 e. The third-order valence-electron chi connectivity index (χ3n) is 5.39. The molecule has 3 unspecified atom stereocenters. The Morgan fingerprint density at radius 3 is 2.24 bits per heavy atom. The predicted molar refractivity (Wildman–Crippen MR) is 90.5 cm³/mol. The van der Waals surface area contributed by atoms with Crippen molar-refractivity contribution in [2.24, 2.45) is 11.8 Å². The minimum Gasteiger partial charge on any atom is -0.347 e. The van der Waals surface area contributed by atoms with E-state index >= 15 is 0 Å². The Labute approximate surface area is 133 Å². The maximum Gasteiger partial charge on any atom is 0.168 e. The van der Waals surface area contributed by atoms with Crippen LogP contribution in [0.2, 0.25) is 0 Å². The Bertz CT molecular complexity index is 260. The zero-order valence-corrected chi connectivity index (χ0v) is 15.1. The van der Waals surface area contributed by atoms with Crippen LogP contribution in [0, 0.1) is 11.8 Å². The molecule has 2 fully saturated rings. The van der Waals surface area contributed by atoms with E-state index in [2.05, 4.69) is 20.8 Å². The normalized spacial score (nSPS) is 32.1. The summed E-state index contributed by atoms with van der Waals surface area (Å²) < 4.78 is 12.1. The van der Waals surface area contributed by atoms with Gasteiger partial charge in [0.1, 0.15) is 0 Å². The van der Waals surface area contributed by atoms with Crippen LogP contribution in [0.25, 0.3) is 0 Å². The highest BCUT2D eigenvalue weighted by Gasteiger charge is 2.38. The van der Waals surface area contributed by atoms with Crippen LogP contribution >= 0.6 is 0 Å². The minimum absolute atomic E-state index is 0.264.